The van der Waals surface area contributed by atoms with Crippen molar-refractivity contribution < 1.29 is 0 Å². The summed E-state index contributed by atoms with van der Waals surface area (Å²) in [4.78, 5) is 17.8. The number of anilines is 1. The normalized spacial score (nSPS) is 15.2. The monoisotopic (exact) mass is 434 g/mol. The summed E-state index contributed by atoms with van der Waals surface area (Å²) < 4.78 is 6.19. The molecule has 0 bridgehead atoms. The number of aryl methyl sites for hydroxylation is 1. The number of benzene rings is 2. The van der Waals surface area contributed by atoms with Crippen molar-refractivity contribution >= 4 is 34.6 Å². The third-order valence-corrected chi connectivity index (χ3v) is 6.35. The quantitative estimate of drug-likeness (QED) is 0.451. The summed E-state index contributed by atoms with van der Waals surface area (Å²) in [5.41, 5.74) is 2.08. The lowest BCUT2D eigenvalue weighted by Gasteiger charge is -2.35. The van der Waals surface area contributed by atoms with E-state index in [4.69, 9.17) is 17.3 Å². The molecule has 7 nitrogen and oxygen atoms in total. The number of nitrogens with zero attached hydrogens (tertiary/aromatic N) is 6. The van der Waals surface area contributed by atoms with Crippen molar-refractivity contribution in [2.75, 3.05) is 31.1 Å². The first-order valence-corrected chi connectivity index (χ1v) is 11.2. The third-order valence-electron chi connectivity index (χ3n) is 5.96. The minimum atomic E-state index is -0.00595. The van der Waals surface area contributed by atoms with Crippen LogP contribution in [0, 0.1) is 4.77 Å². The number of hydrogen-bond donors (Lipinski definition) is 0. The van der Waals surface area contributed by atoms with Gasteiger partial charge < -0.3 is 4.90 Å². The zero-order valence-corrected chi connectivity index (χ0v) is 18.5. The van der Waals surface area contributed by atoms with Gasteiger partial charge in [0.05, 0.1) is 17.6 Å². The van der Waals surface area contributed by atoms with Gasteiger partial charge in [0.1, 0.15) is 0 Å². The van der Waals surface area contributed by atoms with E-state index >= 15 is 0 Å². The van der Waals surface area contributed by atoms with Gasteiger partial charge in [-0.05, 0) is 42.9 Å². The highest BCUT2D eigenvalue weighted by Crippen LogP contribution is 2.17. The fraction of sp³-hybridized carbons (Fsp3) is 0.348. The van der Waals surface area contributed by atoms with Crippen LogP contribution in [0.4, 0.5) is 5.69 Å². The van der Waals surface area contributed by atoms with Gasteiger partial charge in [0, 0.05) is 38.4 Å². The van der Waals surface area contributed by atoms with E-state index in [9.17, 15) is 4.79 Å². The number of para-hydroxylation sites is 2. The van der Waals surface area contributed by atoms with Crippen molar-refractivity contribution in [2.24, 2.45) is 0 Å². The molecular weight excluding hydrogens is 408 g/mol. The number of rotatable bonds is 5. The first-order chi connectivity index (χ1) is 15.2. The van der Waals surface area contributed by atoms with E-state index in [0.29, 0.717) is 29.1 Å². The van der Waals surface area contributed by atoms with Gasteiger partial charge in [0.2, 0.25) is 10.5 Å². The molecule has 31 heavy (non-hydrogen) atoms. The summed E-state index contributed by atoms with van der Waals surface area (Å²) in [7, 11) is 0. The molecular formula is C23H26N6OS. The molecule has 0 unspecified atom stereocenters. The molecule has 1 fully saturated rings. The van der Waals surface area contributed by atoms with Gasteiger partial charge in [-0.2, -0.15) is 0 Å². The Morgan fingerprint density at radius 1 is 0.968 bits per heavy atom. The highest BCUT2D eigenvalue weighted by molar-refractivity contribution is 7.71. The van der Waals surface area contributed by atoms with E-state index in [1.165, 1.54) is 5.69 Å². The molecule has 1 aliphatic heterocycles. The molecule has 0 radical (unpaired) electrons. The standard InChI is InChI=1S/C23H26N6OS/c1-2-12-27-21(30)19-10-6-7-11-20(19)29-22(27)24-28(23(29)31)17-25-13-15-26(16-14-25)18-8-4-3-5-9-18/h3-11H,2,12-17H2,1H3. The minimum Gasteiger partial charge on any atom is -0.369 e. The third kappa shape index (κ3) is 3.55. The Morgan fingerprint density at radius 2 is 1.68 bits per heavy atom. The van der Waals surface area contributed by atoms with Crippen LogP contribution < -0.4 is 10.5 Å². The van der Waals surface area contributed by atoms with Crippen LogP contribution >= 0.6 is 12.2 Å². The molecule has 0 saturated carbocycles. The van der Waals surface area contributed by atoms with Crippen LogP contribution in [0.25, 0.3) is 16.7 Å². The van der Waals surface area contributed by atoms with E-state index in [1.54, 1.807) is 4.57 Å². The van der Waals surface area contributed by atoms with Crippen LogP contribution in [0.15, 0.2) is 59.4 Å². The smallest absolute Gasteiger partial charge is 0.262 e. The molecule has 0 spiro atoms. The fourth-order valence-electron chi connectivity index (χ4n) is 4.36. The molecule has 1 aliphatic rings. The van der Waals surface area contributed by atoms with E-state index in [0.717, 1.165) is 38.1 Å². The molecule has 3 heterocycles. The highest BCUT2D eigenvalue weighted by atomic mass is 32.1. The molecule has 0 amide bonds. The van der Waals surface area contributed by atoms with E-state index in [-0.39, 0.29) is 5.56 Å². The molecule has 1 saturated heterocycles. The minimum absolute atomic E-state index is 0.00595. The summed E-state index contributed by atoms with van der Waals surface area (Å²) >= 11 is 5.82. The van der Waals surface area contributed by atoms with Crippen LogP contribution in [0.1, 0.15) is 13.3 Å². The highest BCUT2D eigenvalue weighted by Gasteiger charge is 2.20. The van der Waals surface area contributed by atoms with Crippen molar-refractivity contribution in [1.82, 2.24) is 23.6 Å². The Bertz CT molecular complexity index is 1330. The lowest BCUT2D eigenvalue weighted by molar-refractivity contribution is 0.194. The van der Waals surface area contributed by atoms with Gasteiger partial charge in [-0.3, -0.25) is 18.7 Å². The van der Waals surface area contributed by atoms with Crippen molar-refractivity contribution in [1.29, 1.82) is 0 Å². The maximum atomic E-state index is 13.1. The van der Waals surface area contributed by atoms with Crippen LogP contribution in [-0.2, 0) is 13.2 Å². The van der Waals surface area contributed by atoms with Crippen LogP contribution in [0.2, 0.25) is 0 Å². The lowest BCUT2D eigenvalue weighted by Crippen LogP contribution is -2.46. The molecule has 8 heteroatoms. The largest absolute Gasteiger partial charge is 0.369 e. The SMILES string of the molecule is CCCn1c(=O)c2ccccc2n2c(=S)n(CN3CCN(c4ccccc4)CC3)nc12. The molecule has 2 aromatic carbocycles. The predicted octanol–water partition coefficient (Wildman–Crippen LogP) is 3.37. The Morgan fingerprint density at radius 3 is 2.42 bits per heavy atom. The van der Waals surface area contributed by atoms with Gasteiger partial charge in [-0.1, -0.05) is 37.3 Å². The van der Waals surface area contributed by atoms with Crippen molar-refractivity contribution in [2.45, 2.75) is 26.6 Å². The average Bonchev–Trinajstić information content (AvgIpc) is 3.13. The van der Waals surface area contributed by atoms with E-state index < -0.39 is 0 Å². The fourth-order valence-corrected chi connectivity index (χ4v) is 4.64. The second-order valence-electron chi connectivity index (χ2n) is 7.97. The number of aromatic nitrogens is 4. The van der Waals surface area contributed by atoms with E-state index in [2.05, 4.69) is 41.0 Å². The van der Waals surface area contributed by atoms with Crippen molar-refractivity contribution in [3.05, 3.63) is 69.7 Å². The van der Waals surface area contributed by atoms with Crippen molar-refractivity contribution in [3.8, 4) is 0 Å². The Labute approximate surface area is 185 Å². The molecule has 160 valence electrons. The van der Waals surface area contributed by atoms with Gasteiger partial charge in [-0.25, -0.2) is 4.68 Å². The van der Waals surface area contributed by atoms with E-state index in [1.807, 2.05) is 39.4 Å². The van der Waals surface area contributed by atoms with Gasteiger partial charge in [0.15, 0.2) is 0 Å². The molecule has 5 rings (SSSR count). The molecule has 0 atom stereocenters. The first-order valence-electron chi connectivity index (χ1n) is 10.8. The molecule has 0 aliphatic carbocycles. The number of fused-ring (bicyclic) bond motifs is 3. The molecule has 2 aromatic heterocycles. The summed E-state index contributed by atoms with van der Waals surface area (Å²) in [6, 6.07) is 18.2. The first kappa shape index (κ1) is 20.0. The predicted molar refractivity (Wildman–Crippen MR) is 126 cm³/mol. The van der Waals surface area contributed by atoms with Gasteiger partial charge >= 0.3 is 0 Å². The molecule has 0 N–H and O–H groups in total. The zero-order valence-electron chi connectivity index (χ0n) is 17.6. The average molecular weight is 435 g/mol. The second-order valence-corrected chi connectivity index (χ2v) is 8.34. The van der Waals surface area contributed by atoms with Gasteiger partial charge in [-0.15, -0.1) is 5.10 Å². The second kappa shape index (κ2) is 8.28. The Kier molecular flexibility index (Phi) is 5.33. The zero-order chi connectivity index (χ0) is 21.4. The lowest BCUT2D eigenvalue weighted by atomic mass is 10.2. The van der Waals surface area contributed by atoms with Gasteiger partial charge in [0.25, 0.3) is 5.56 Å². The summed E-state index contributed by atoms with van der Waals surface area (Å²) in [5.74, 6) is 0.624. The number of piperazine rings is 1. The van der Waals surface area contributed by atoms with Crippen molar-refractivity contribution in [3.63, 3.8) is 0 Å². The molecule has 4 aromatic rings. The maximum absolute atomic E-state index is 13.1. The van der Waals surface area contributed by atoms with Crippen LogP contribution in [-0.4, -0.2) is 49.8 Å². The van der Waals surface area contributed by atoms with Crippen LogP contribution in [0.5, 0.6) is 0 Å². The number of hydrogen-bond acceptors (Lipinski definition) is 5. The Hall–Kier alpha value is -2.97. The topological polar surface area (TPSA) is 50.7 Å². The maximum Gasteiger partial charge on any atom is 0.262 e. The summed E-state index contributed by atoms with van der Waals surface area (Å²) in [6.45, 7) is 7.12. The summed E-state index contributed by atoms with van der Waals surface area (Å²) in [5, 5.41) is 5.47. The van der Waals surface area contributed by atoms with Crippen LogP contribution in [0.3, 0.4) is 0 Å². The summed E-state index contributed by atoms with van der Waals surface area (Å²) in [6.07, 6.45) is 0.856. The Balaban J connectivity index is 1.47.